The van der Waals surface area contributed by atoms with Gasteiger partial charge in [0.05, 0.1) is 0 Å². The summed E-state index contributed by atoms with van der Waals surface area (Å²) in [6, 6.07) is 17.0. The van der Waals surface area contributed by atoms with Crippen LogP contribution in [0, 0.1) is 11.8 Å². The van der Waals surface area contributed by atoms with Crippen LogP contribution >= 0.6 is 12.4 Å². The number of likely N-dealkylation sites (tertiary alicyclic amines) is 2. The van der Waals surface area contributed by atoms with Crippen LogP contribution in [0.5, 0.6) is 0 Å². The Balaban J connectivity index is 0.00000304. The number of carbonyl (C=O) groups excluding carboxylic acids is 2. The van der Waals surface area contributed by atoms with Gasteiger partial charge in [-0.1, -0.05) is 24.3 Å². The number of benzene rings is 2. The highest BCUT2D eigenvalue weighted by atomic mass is 35.5. The third kappa shape index (κ3) is 5.91. The van der Waals surface area contributed by atoms with Crippen molar-refractivity contribution < 1.29 is 14.7 Å². The van der Waals surface area contributed by atoms with E-state index < -0.39 is 0 Å². The second-order valence-corrected chi connectivity index (χ2v) is 9.93. The lowest BCUT2D eigenvalue weighted by atomic mass is 9.96. The molecule has 5 rings (SSSR count). The van der Waals surface area contributed by atoms with Gasteiger partial charge >= 0.3 is 0 Å². The summed E-state index contributed by atoms with van der Waals surface area (Å²) in [4.78, 5) is 36.0. The Kier molecular flexibility index (Phi) is 8.67. The van der Waals surface area contributed by atoms with E-state index in [9.17, 15) is 14.7 Å². The molecule has 7 nitrogen and oxygen atoms in total. The molecule has 192 valence electrons. The minimum atomic E-state index is -0.177. The first-order valence-electron chi connectivity index (χ1n) is 12.7. The van der Waals surface area contributed by atoms with Crippen molar-refractivity contribution in [3.05, 3.63) is 66.4 Å². The van der Waals surface area contributed by atoms with Crippen molar-refractivity contribution in [3.8, 4) is 0 Å². The number of piperidine rings is 1. The molecule has 1 aromatic heterocycles. The number of amides is 2. The van der Waals surface area contributed by atoms with Gasteiger partial charge in [-0.25, -0.2) is 0 Å². The average Bonchev–Trinajstić information content (AvgIpc) is 3.56. The summed E-state index contributed by atoms with van der Waals surface area (Å²) < 4.78 is 0. The van der Waals surface area contributed by atoms with E-state index in [1.165, 1.54) is 0 Å². The Morgan fingerprint density at radius 2 is 1.72 bits per heavy atom. The van der Waals surface area contributed by atoms with Crippen LogP contribution in [0.4, 0.5) is 5.69 Å². The van der Waals surface area contributed by atoms with Crippen molar-refractivity contribution >= 4 is 40.8 Å². The number of hydrogen-bond acceptors (Lipinski definition) is 4. The molecule has 8 heteroatoms. The number of aliphatic hydroxyl groups excluding tert-OH is 1. The molecular weight excluding hydrogens is 476 g/mol. The third-order valence-electron chi connectivity index (χ3n) is 7.52. The highest BCUT2D eigenvalue weighted by Gasteiger charge is 2.29. The number of rotatable bonds is 7. The number of aromatic amines is 1. The fraction of sp³-hybridized carbons (Fsp3) is 0.429. The van der Waals surface area contributed by atoms with Crippen LogP contribution in [0.3, 0.4) is 0 Å². The molecule has 2 aliphatic rings. The van der Waals surface area contributed by atoms with Crippen molar-refractivity contribution in [2.75, 3.05) is 50.8 Å². The molecule has 0 bridgehead atoms. The van der Waals surface area contributed by atoms with Gasteiger partial charge in [0.15, 0.2) is 0 Å². The Labute approximate surface area is 218 Å². The molecule has 2 saturated heterocycles. The number of aliphatic hydroxyl groups is 1. The predicted octanol–water partition coefficient (Wildman–Crippen LogP) is 3.79. The van der Waals surface area contributed by atoms with Crippen molar-refractivity contribution in [2.24, 2.45) is 11.8 Å². The van der Waals surface area contributed by atoms with Crippen LogP contribution in [0.2, 0.25) is 0 Å². The largest absolute Gasteiger partial charge is 0.396 e. The van der Waals surface area contributed by atoms with E-state index in [1.807, 2.05) is 65.7 Å². The van der Waals surface area contributed by atoms with Crippen LogP contribution < -0.4 is 4.90 Å². The third-order valence-corrected chi connectivity index (χ3v) is 7.52. The second-order valence-electron chi connectivity index (χ2n) is 9.93. The molecule has 0 unspecified atom stereocenters. The molecule has 0 saturated carbocycles. The molecule has 2 fully saturated rings. The number of nitrogens with zero attached hydrogens (tertiary/aromatic N) is 3. The van der Waals surface area contributed by atoms with Gasteiger partial charge in [-0.05, 0) is 73.4 Å². The van der Waals surface area contributed by atoms with Crippen LogP contribution in [0.25, 0.3) is 10.9 Å². The molecule has 2 aromatic carbocycles. The SMILES string of the molecule is Cl.O=C(CN(C(=O)c1ccc2cc[nH]c2c1)c1ccccc1)N1CCC(CN2CC[C@@H](CO)C2)CC1. The van der Waals surface area contributed by atoms with Crippen LogP contribution in [-0.2, 0) is 4.79 Å². The van der Waals surface area contributed by atoms with E-state index in [4.69, 9.17) is 0 Å². The number of H-pyrrole nitrogens is 1. The summed E-state index contributed by atoms with van der Waals surface area (Å²) >= 11 is 0. The summed E-state index contributed by atoms with van der Waals surface area (Å²) in [6.45, 7) is 4.86. The van der Waals surface area contributed by atoms with E-state index in [0.717, 1.165) is 68.6 Å². The number of halogens is 1. The summed E-state index contributed by atoms with van der Waals surface area (Å²) in [5.41, 5.74) is 2.18. The summed E-state index contributed by atoms with van der Waals surface area (Å²) in [7, 11) is 0. The number of para-hydroxylation sites is 1. The maximum absolute atomic E-state index is 13.5. The van der Waals surface area contributed by atoms with Crippen LogP contribution in [0.15, 0.2) is 60.8 Å². The fourth-order valence-corrected chi connectivity index (χ4v) is 5.42. The number of fused-ring (bicyclic) bond motifs is 1. The number of carbonyl (C=O) groups is 2. The molecule has 36 heavy (non-hydrogen) atoms. The molecule has 0 aliphatic carbocycles. The lowest BCUT2D eigenvalue weighted by Gasteiger charge is -2.35. The summed E-state index contributed by atoms with van der Waals surface area (Å²) in [6.07, 6.45) is 4.90. The molecule has 3 aromatic rings. The number of aromatic nitrogens is 1. The monoisotopic (exact) mass is 510 g/mol. The van der Waals surface area contributed by atoms with E-state index in [2.05, 4.69) is 9.88 Å². The Hall–Kier alpha value is -2.87. The van der Waals surface area contributed by atoms with Crippen LogP contribution in [0.1, 0.15) is 29.6 Å². The molecular formula is C28H35ClN4O3. The smallest absolute Gasteiger partial charge is 0.258 e. The van der Waals surface area contributed by atoms with Gasteiger partial charge in [0.25, 0.3) is 5.91 Å². The lowest BCUT2D eigenvalue weighted by molar-refractivity contribution is -0.131. The van der Waals surface area contributed by atoms with Gasteiger partial charge < -0.3 is 19.9 Å². The molecule has 2 N–H and O–H groups in total. The Morgan fingerprint density at radius 1 is 0.972 bits per heavy atom. The fourth-order valence-electron chi connectivity index (χ4n) is 5.42. The van der Waals surface area contributed by atoms with Crippen molar-refractivity contribution in [3.63, 3.8) is 0 Å². The van der Waals surface area contributed by atoms with Gasteiger partial charge in [0.2, 0.25) is 5.91 Å². The van der Waals surface area contributed by atoms with Crippen molar-refractivity contribution in [1.82, 2.24) is 14.8 Å². The van der Waals surface area contributed by atoms with E-state index >= 15 is 0 Å². The van der Waals surface area contributed by atoms with Gasteiger partial charge in [-0.15, -0.1) is 12.4 Å². The zero-order valence-electron chi connectivity index (χ0n) is 20.5. The molecule has 0 spiro atoms. The van der Waals surface area contributed by atoms with Crippen molar-refractivity contribution in [1.29, 1.82) is 0 Å². The van der Waals surface area contributed by atoms with Gasteiger partial charge in [0.1, 0.15) is 6.54 Å². The quantitative estimate of drug-likeness (QED) is 0.507. The number of anilines is 1. The molecule has 0 radical (unpaired) electrons. The van der Waals surface area contributed by atoms with Gasteiger partial charge in [-0.2, -0.15) is 0 Å². The van der Waals surface area contributed by atoms with E-state index in [1.54, 1.807) is 4.90 Å². The molecule has 1 atom stereocenters. The standard InChI is InChI=1S/C28H34N4O3.ClH/c33-20-22-9-13-30(18-22)17-21-10-14-31(15-11-21)27(34)19-32(25-4-2-1-3-5-25)28(35)24-7-6-23-8-12-29-26(23)16-24;/h1-8,12,16,21-22,29,33H,9-11,13-15,17-20H2;1H/t22-;/m1./s1. The second kappa shape index (κ2) is 11.9. The highest BCUT2D eigenvalue weighted by Crippen LogP contribution is 2.24. The molecule has 3 heterocycles. The number of hydrogen-bond donors (Lipinski definition) is 2. The zero-order valence-corrected chi connectivity index (χ0v) is 21.3. The van der Waals surface area contributed by atoms with Gasteiger partial charge in [-0.3, -0.25) is 14.5 Å². The minimum absolute atomic E-state index is 0. The Bertz CT molecular complexity index is 1160. The average molecular weight is 511 g/mol. The van der Waals surface area contributed by atoms with Crippen LogP contribution in [-0.4, -0.2) is 77.6 Å². The normalized spacial score (nSPS) is 18.8. The predicted molar refractivity (Wildman–Crippen MR) is 145 cm³/mol. The van der Waals surface area contributed by atoms with Gasteiger partial charge in [0, 0.05) is 55.8 Å². The highest BCUT2D eigenvalue weighted by molar-refractivity contribution is 6.10. The maximum atomic E-state index is 13.5. The number of nitrogens with one attached hydrogen (secondary N) is 1. The zero-order chi connectivity index (χ0) is 24.2. The topological polar surface area (TPSA) is 79.9 Å². The first kappa shape index (κ1) is 26.2. The summed E-state index contributed by atoms with van der Waals surface area (Å²) in [5.74, 6) is 0.804. The first-order valence-corrected chi connectivity index (χ1v) is 12.7. The lowest BCUT2D eigenvalue weighted by Crippen LogP contribution is -2.47. The Morgan fingerprint density at radius 3 is 2.44 bits per heavy atom. The molecule has 2 aliphatic heterocycles. The minimum Gasteiger partial charge on any atom is -0.396 e. The summed E-state index contributed by atoms with van der Waals surface area (Å²) in [5, 5.41) is 10.4. The molecule has 2 amide bonds. The van der Waals surface area contributed by atoms with E-state index in [-0.39, 0.29) is 37.4 Å². The van der Waals surface area contributed by atoms with E-state index in [0.29, 0.717) is 17.4 Å². The first-order chi connectivity index (χ1) is 17.1. The van der Waals surface area contributed by atoms with Crippen molar-refractivity contribution in [2.45, 2.75) is 19.3 Å². The maximum Gasteiger partial charge on any atom is 0.258 e.